The molecule has 1 aromatic carbocycles. The fraction of sp³-hybridized carbons (Fsp3) is 0.471. The van der Waals surface area contributed by atoms with Crippen LogP contribution in [0.5, 0.6) is 0 Å². The van der Waals surface area contributed by atoms with E-state index in [-0.39, 0.29) is 5.91 Å². The molecule has 4 heteroatoms. The summed E-state index contributed by atoms with van der Waals surface area (Å²) in [6, 6.07) is 9.47. The number of amides is 1. The molecule has 0 saturated heterocycles. The van der Waals surface area contributed by atoms with Crippen LogP contribution in [0.2, 0.25) is 0 Å². The van der Waals surface area contributed by atoms with Crippen molar-refractivity contribution in [2.75, 3.05) is 0 Å². The molecule has 2 aliphatic carbocycles. The normalized spacial score (nSPS) is 18.1. The van der Waals surface area contributed by atoms with E-state index < -0.39 is 0 Å². The molecule has 1 aromatic heterocycles. The minimum Gasteiger partial charge on any atom is -0.352 e. The molecule has 110 valence electrons. The first-order valence-corrected chi connectivity index (χ1v) is 7.89. The number of nitrogens with zero attached hydrogens (tertiary/aromatic N) is 1. The standard InChI is InChI=1S/C17H21N3O/c21-17(19-14-7-8-14)11-20-10-12(9-18-13-5-6-13)15-3-1-2-4-16(15)20/h1-4,10,13-14,18H,5-9,11H2,(H,19,21). The van der Waals surface area contributed by atoms with Crippen molar-refractivity contribution in [3.63, 3.8) is 0 Å². The van der Waals surface area contributed by atoms with Gasteiger partial charge in [0.15, 0.2) is 0 Å². The van der Waals surface area contributed by atoms with Crippen LogP contribution in [0.1, 0.15) is 31.2 Å². The van der Waals surface area contributed by atoms with Crippen LogP contribution in [-0.2, 0) is 17.9 Å². The molecule has 0 radical (unpaired) electrons. The summed E-state index contributed by atoms with van der Waals surface area (Å²) >= 11 is 0. The molecule has 2 aliphatic rings. The van der Waals surface area contributed by atoms with Crippen molar-refractivity contribution in [3.05, 3.63) is 36.0 Å². The molecule has 0 atom stereocenters. The van der Waals surface area contributed by atoms with E-state index in [4.69, 9.17) is 0 Å². The van der Waals surface area contributed by atoms with Crippen LogP contribution in [0.25, 0.3) is 10.9 Å². The summed E-state index contributed by atoms with van der Waals surface area (Å²) in [5.74, 6) is 0.125. The first kappa shape index (κ1) is 12.9. The van der Waals surface area contributed by atoms with Gasteiger partial charge in [0.05, 0.1) is 0 Å². The van der Waals surface area contributed by atoms with Crippen molar-refractivity contribution < 1.29 is 4.79 Å². The van der Waals surface area contributed by atoms with E-state index >= 15 is 0 Å². The molecule has 21 heavy (non-hydrogen) atoms. The zero-order valence-electron chi connectivity index (χ0n) is 12.1. The summed E-state index contributed by atoms with van der Waals surface area (Å²) in [5, 5.41) is 7.88. The lowest BCUT2D eigenvalue weighted by molar-refractivity contribution is -0.121. The van der Waals surface area contributed by atoms with E-state index in [1.165, 1.54) is 23.8 Å². The van der Waals surface area contributed by atoms with Crippen molar-refractivity contribution in [1.82, 2.24) is 15.2 Å². The number of carbonyl (C=O) groups is 1. The molecular weight excluding hydrogens is 262 g/mol. The Balaban J connectivity index is 1.55. The third-order valence-corrected chi connectivity index (χ3v) is 4.29. The van der Waals surface area contributed by atoms with Gasteiger partial charge in [-0.15, -0.1) is 0 Å². The molecule has 2 N–H and O–H groups in total. The van der Waals surface area contributed by atoms with Gasteiger partial charge in [-0.05, 0) is 37.3 Å². The number of para-hydroxylation sites is 1. The number of carbonyl (C=O) groups excluding carboxylic acids is 1. The van der Waals surface area contributed by atoms with Gasteiger partial charge in [-0.2, -0.15) is 0 Å². The van der Waals surface area contributed by atoms with E-state index in [2.05, 4.69) is 39.6 Å². The number of hydrogen-bond donors (Lipinski definition) is 2. The SMILES string of the molecule is O=C(Cn1cc(CNC2CC2)c2ccccc21)NC1CC1. The highest BCUT2D eigenvalue weighted by molar-refractivity contribution is 5.86. The lowest BCUT2D eigenvalue weighted by atomic mass is 10.2. The lowest BCUT2D eigenvalue weighted by Gasteiger charge is -2.05. The largest absolute Gasteiger partial charge is 0.352 e. The molecule has 2 fully saturated rings. The molecule has 4 nitrogen and oxygen atoms in total. The summed E-state index contributed by atoms with van der Waals surface area (Å²) in [5.41, 5.74) is 2.44. The van der Waals surface area contributed by atoms with Crippen molar-refractivity contribution >= 4 is 16.8 Å². The molecule has 0 spiro atoms. The maximum atomic E-state index is 12.0. The Morgan fingerprint density at radius 3 is 2.67 bits per heavy atom. The highest BCUT2D eigenvalue weighted by Crippen LogP contribution is 2.24. The topological polar surface area (TPSA) is 46.1 Å². The second kappa shape index (κ2) is 5.19. The van der Waals surface area contributed by atoms with Crippen molar-refractivity contribution in [3.8, 4) is 0 Å². The zero-order chi connectivity index (χ0) is 14.2. The smallest absolute Gasteiger partial charge is 0.240 e. The first-order valence-electron chi connectivity index (χ1n) is 7.89. The average molecular weight is 283 g/mol. The molecule has 1 amide bonds. The molecule has 4 rings (SSSR count). The minimum absolute atomic E-state index is 0.125. The van der Waals surface area contributed by atoms with Gasteiger partial charge < -0.3 is 15.2 Å². The molecule has 0 bridgehead atoms. The Hall–Kier alpha value is -1.81. The van der Waals surface area contributed by atoms with E-state index in [1.54, 1.807) is 0 Å². The second-order valence-electron chi connectivity index (χ2n) is 6.30. The number of benzene rings is 1. The van der Waals surface area contributed by atoms with Crippen LogP contribution in [-0.4, -0.2) is 22.6 Å². The molecule has 2 saturated carbocycles. The monoisotopic (exact) mass is 283 g/mol. The van der Waals surface area contributed by atoms with E-state index in [0.29, 0.717) is 18.6 Å². The van der Waals surface area contributed by atoms with Crippen molar-refractivity contribution in [2.24, 2.45) is 0 Å². The van der Waals surface area contributed by atoms with E-state index in [9.17, 15) is 4.79 Å². The van der Waals surface area contributed by atoms with E-state index in [1.807, 2.05) is 6.07 Å². The van der Waals surface area contributed by atoms with Gasteiger partial charge in [-0.3, -0.25) is 4.79 Å². The molecule has 2 aromatic rings. The minimum atomic E-state index is 0.125. The molecular formula is C17H21N3O. The number of hydrogen-bond acceptors (Lipinski definition) is 2. The van der Waals surface area contributed by atoms with Crippen LogP contribution in [0.4, 0.5) is 0 Å². The van der Waals surface area contributed by atoms with Gasteiger partial charge in [0.2, 0.25) is 5.91 Å². The summed E-state index contributed by atoms with van der Waals surface area (Å²) < 4.78 is 2.08. The predicted molar refractivity (Wildman–Crippen MR) is 83.0 cm³/mol. The summed E-state index contributed by atoms with van der Waals surface area (Å²) in [6.07, 6.45) is 6.99. The van der Waals surface area contributed by atoms with Gasteiger partial charge in [-0.1, -0.05) is 18.2 Å². The van der Waals surface area contributed by atoms with Gasteiger partial charge in [0, 0.05) is 35.7 Å². The third-order valence-electron chi connectivity index (χ3n) is 4.29. The van der Waals surface area contributed by atoms with Crippen molar-refractivity contribution in [2.45, 2.75) is 50.9 Å². The number of fused-ring (bicyclic) bond motifs is 1. The summed E-state index contributed by atoms with van der Waals surface area (Å²) in [6.45, 7) is 1.31. The number of aromatic nitrogens is 1. The summed E-state index contributed by atoms with van der Waals surface area (Å²) in [4.78, 5) is 12.0. The average Bonchev–Trinajstić information content (AvgIpc) is 3.39. The lowest BCUT2D eigenvalue weighted by Crippen LogP contribution is -2.29. The Morgan fingerprint density at radius 1 is 1.14 bits per heavy atom. The van der Waals surface area contributed by atoms with Crippen LogP contribution in [0.15, 0.2) is 30.5 Å². The molecule has 0 unspecified atom stereocenters. The van der Waals surface area contributed by atoms with Gasteiger partial charge in [-0.25, -0.2) is 0 Å². The zero-order valence-corrected chi connectivity index (χ0v) is 12.1. The maximum Gasteiger partial charge on any atom is 0.240 e. The fourth-order valence-electron chi connectivity index (χ4n) is 2.79. The Bertz CT molecular complexity index is 668. The second-order valence-corrected chi connectivity index (χ2v) is 6.30. The first-order chi connectivity index (χ1) is 10.3. The Labute approximate surface area is 124 Å². The maximum absolute atomic E-state index is 12.0. The quantitative estimate of drug-likeness (QED) is 0.853. The van der Waals surface area contributed by atoms with Gasteiger partial charge >= 0.3 is 0 Å². The predicted octanol–water partition coefficient (Wildman–Crippen LogP) is 2.17. The number of rotatable bonds is 6. The van der Waals surface area contributed by atoms with Crippen LogP contribution < -0.4 is 10.6 Å². The highest BCUT2D eigenvalue weighted by Gasteiger charge is 2.24. The van der Waals surface area contributed by atoms with Crippen LogP contribution in [0.3, 0.4) is 0 Å². The third kappa shape index (κ3) is 2.95. The Morgan fingerprint density at radius 2 is 1.90 bits per heavy atom. The fourth-order valence-corrected chi connectivity index (χ4v) is 2.79. The van der Waals surface area contributed by atoms with E-state index in [0.717, 1.165) is 24.9 Å². The van der Waals surface area contributed by atoms with Crippen LogP contribution in [0, 0.1) is 0 Å². The molecule has 0 aliphatic heterocycles. The van der Waals surface area contributed by atoms with Crippen molar-refractivity contribution in [1.29, 1.82) is 0 Å². The van der Waals surface area contributed by atoms with Crippen LogP contribution >= 0.6 is 0 Å². The molecule has 1 heterocycles. The number of nitrogens with one attached hydrogen (secondary N) is 2. The van der Waals surface area contributed by atoms with Gasteiger partial charge in [0.1, 0.15) is 6.54 Å². The Kier molecular flexibility index (Phi) is 3.19. The highest BCUT2D eigenvalue weighted by atomic mass is 16.2. The van der Waals surface area contributed by atoms with Gasteiger partial charge in [0.25, 0.3) is 0 Å². The summed E-state index contributed by atoms with van der Waals surface area (Å²) in [7, 11) is 0.